The van der Waals surface area contributed by atoms with Crippen LogP contribution in [0.15, 0.2) is 54.9 Å². The van der Waals surface area contributed by atoms with Gasteiger partial charge in [0, 0.05) is 11.8 Å². The number of fused-ring (bicyclic) bond motifs is 1. The number of carbonyl (C=O) groups is 1. The van der Waals surface area contributed by atoms with Gasteiger partial charge in [0.1, 0.15) is 18.2 Å². The third kappa shape index (κ3) is 3.51. The van der Waals surface area contributed by atoms with E-state index in [2.05, 4.69) is 20.5 Å². The number of pyridine rings is 1. The van der Waals surface area contributed by atoms with Gasteiger partial charge >= 0.3 is 0 Å². The summed E-state index contributed by atoms with van der Waals surface area (Å²) in [6.07, 6.45) is 3.52. The van der Waals surface area contributed by atoms with Crippen molar-refractivity contribution >= 4 is 23.5 Å². The molecule has 6 nitrogen and oxygen atoms in total. The molecular formula is C18H16N4O2S. The topological polar surface area (TPSA) is 79.9 Å². The lowest BCUT2D eigenvalue weighted by atomic mass is 10.1. The van der Waals surface area contributed by atoms with Crippen molar-refractivity contribution in [2.24, 2.45) is 0 Å². The van der Waals surface area contributed by atoms with E-state index in [1.54, 1.807) is 24.2 Å². The minimum absolute atomic E-state index is 0.0201. The van der Waals surface area contributed by atoms with Crippen LogP contribution in [-0.2, 0) is 11.4 Å². The van der Waals surface area contributed by atoms with E-state index in [0.717, 1.165) is 22.6 Å². The van der Waals surface area contributed by atoms with Crippen molar-refractivity contribution in [1.82, 2.24) is 15.2 Å². The molecule has 1 atom stereocenters. The summed E-state index contributed by atoms with van der Waals surface area (Å²) < 4.78 is 5.78. The molecule has 0 radical (unpaired) electrons. The van der Waals surface area contributed by atoms with E-state index < -0.39 is 0 Å². The summed E-state index contributed by atoms with van der Waals surface area (Å²) in [5.41, 5.74) is 2.98. The molecule has 0 saturated carbocycles. The number of hydrogen-bond acceptors (Lipinski definition) is 5. The molecule has 1 aromatic carbocycles. The minimum Gasteiger partial charge on any atom is -0.487 e. The molecular weight excluding hydrogens is 336 g/mol. The molecule has 2 aromatic heterocycles. The number of aromatic amines is 1. The van der Waals surface area contributed by atoms with E-state index in [4.69, 9.17) is 4.74 Å². The van der Waals surface area contributed by atoms with Crippen molar-refractivity contribution in [2.75, 3.05) is 11.1 Å². The van der Waals surface area contributed by atoms with Gasteiger partial charge in [-0.05, 0) is 29.8 Å². The number of rotatable bonds is 4. The van der Waals surface area contributed by atoms with Crippen molar-refractivity contribution in [1.29, 1.82) is 0 Å². The Balaban J connectivity index is 1.50. The first-order valence-corrected chi connectivity index (χ1v) is 8.92. The number of anilines is 1. The number of benzene rings is 1. The summed E-state index contributed by atoms with van der Waals surface area (Å²) in [5.74, 6) is 1.85. The highest BCUT2D eigenvalue weighted by Crippen LogP contribution is 2.40. The van der Waals surface area contributed by atoms with Gasteiger partial charge in [-0.2, -0.15) is 5.10 Å². The Labute approximate surface area is 149 Å². The summed E-state index contributed by atoms with van der Waals surface area (Å²) in [6, 6.07) is 13.7. The molecule has 126 valence electrons. The van der Waals surface area contributed by atoms with Crippen molar-refractivity contribution in [2.45, 2.75) is 11.9 Å². The monoisotopic (exact) mass is 352 g/mol. The molecule has 1 aliphatic rings. The molecule has 3 aromatic rings. The van der Waals surface area contributed by atoms with Crippen LogP contribution in [0, 0.1) is 0 Å². The Kier molecular flexibility index (Phi) is 4.39. The number of amides is 1. The van der Waals surface area contributed by atoms with Gasteiger partial charge in [0.05, 0.1) is 22.9 Å². The normalized spacial score (nSPS) is 16.6. The smallest absolute Gasteiger partial charge is 0.235 e. The Morgan fingerprint density at radius 3 is 2.88 bits per heavy atom. The van der Waals surface area contributed by atoms with Crippen LogP contribution in [-0.4, -0.2) is 26.8 Å². The van der Waals surface area contributed by atoms with Gasteiger partial charge in [-0.3, -0.25) is 14.9 Å². The summed E-state index contributed by atoms with van der Waals surface area (Å²) in [4.78, 5) is 16.0. The van der Waals surface area contributed by atoms with E-state index in [1.807, 2.05) is 42.5 Å². The summed E-state index contributed by atoms with van der Waals surface area (Å²) in [6.45, 7) is 0.433. The molecule has 3 heterocycles. The first-order valence-electron chi connectivity index (χ1n) is 7.87. The van der Waals surface area contributed by atoms with E-state index in [9.17, 15) is 4.79 Å². The lowest BCUT2D eigenvalue weighted by Crippen LogP contribution is -2.12. The number of H-pyrrole nitrogens is 1. The Bertz CT molecular complexity index is 864. The zero-order valence-electron chi connectivity index (χ0n) is 13.3. The van der Waals surface area contributed by atoms with E-state index in [-0.39, 0.29) is 11.2 Å². The standard InChI is InChI=1S/C18H16N4O2S/c23-16-11-25-17(15-9-20-22-18(15)21-16)12-4-6-14(7-5-12)24-10-13-3-1-2-8-19-13/h1-9,17H,10-11H2,(H2,20,21,22,23)/t17-/m0/s1. The number of nitrogens with zero attached hydrogens (tertiary/aromatic N) is 2. The molecule has 0 spiro atoms. The van der Waals surface area contributed by atoms with E-state index in [0.29, 0.717) is 18.2 Å². The maximum absolute atomic E-state index is 11.8. The number of carbonyl (C=O) groups excluding carboxylic acids is 1. The predicted molar refractivity (Wildman–Crippen MR) is 96.5 cm³/mol. The van der Waals surface area contributed by atoms with E-state index in [1.165, 1.54) is 0 Å². The van der Waals surface area contributed by atoms with Crippen LogP contribution in [0.3, 0.4) is 0 Å². The number of nitrogens with one attached hydrogen (secondary N) is 2. The maximum Gasteiger partial charge on any atom is 0.235 e. The molecule has 0 saturated heterocycles. The van der Waals surface area contributed by atoms with Crippen LogP contribution >= 0.6 is 11.8 Å². The second kappa shape index (κ2) is 6.98. The lowest BCUT2D eigenvalue weighted by molar-refractivity contribution is -0.113. The van der Waals surface area contributed by atoms with Gasteiger partial charge in [-0.1, -0.05) is 18.2 Å². The second-order valence-electron chi connectivity index (χ2n) is 5.62. The summed E-state index contributed by atoms with van der Waals surface area (Å²) in [5, 5.41) is 9.80. The number of thioether (sulfide) groups is 1. The Hall–Kier alpha value is -2.80. The quantitative estimate of drug-likeness (QED) is 0.754. The van der Waals surface area contributed by atoms with Crippen molar-refractivity contribution in [3.05, 3.63) is 71.7 Å². The van der Waals surface area contributed by atoms with Crippen LogP contribution in [0.4, 0.5) is 5.82 Å². The van der Waals surface area contributed by atoms with Gasteiger partial charge in [0.15, 0.2) is 0 Å². The highest BCUT2D eigenvalue weighted by molar-refractivity contribution is 8.00. The fraction of sp³-hybridized carbons (Fsp3) is 0.167. The van der Waals surface area contributed by atoms with Gasteiger partial charge in [-0.15, -0.1) is 11.8 Å². The Morgan fingerprint density at radius 2 is 2.08 bits per heavy atom. The van der Waals surface area contributed by atoms with Gasteiger partial charge in [-0.25, -0.2) is 0 Å². The molecule has 0 unspecified atom stereocenters. The second-order valence-corrected chi connectivity index (χ2v) is 6.71. The van der Waals surface area contributed by atoms with Crippen molar-refractivity contribution in [3.8, 4) is 5.75 Å². The van der Waals surface area contributed by atoms with Crippen LogP contribution < -0.4 is 10.1 Å². The fourth-order valence-corrected chi connectivity index (χ4v) is 3.77. The average Bonchev–Trinajstić information content (AvgIpc) is 3.03. The maximum atomic E-state index is 11.8. The van der Waals surface area contributed by atoms with E-state index >= 15 is 0 Å². The first-order chi connectivity index (χ1) is 12.3. The number of ether oxygens (including phenoxy) is 1. The van der Waals surface area contributed by atoms with Crippen LogP contribution in [0.1, 0.15) is 22.1 Å². The minimum atomic E-state index is -0.0201. The third-order valence-electron chi connectivity index (χ3n) is 3.89. The molecule has 25 heavy (non-hydrogen) atoms. The lowest BCUT2D eigenvalue weighted by Gasteiger charge is -2.14. The van der Waals surface area contributed by atoms with Crippen molar-refractivity contribution in [3.63, 3.8) is 0 Å². The van der Waals surface area contributed by atoms with Crippen LogP contribution in [0.25, 0.3) is 0 Å². The summed E-state index contributed by atoms with van der Waals surface area (Å²) >= 11 is 1.59. The first kappa shape index (κ1) is 15.7. The predicted octanol–water partition coefficient (Wildman–Crippen LogP) is 3.16. The zero-order valence-corrected chi connectivity index (χ0v) is 14.1. The van der Waals surface area contributed by atoms with Crippen LogP contribution in [0.2, 0.25) is 0 Å². The number of hydrogen-bond donors (Lipinski definition) is 2. The molecule has 2 N–H and O–H groups in total. The largest absolute Gasteiger partial charge is 0.487 e. The van der Waals surface area contributed by atoms with Crippen molar-refractivity contribution < 1.29 is 9.53 Å². The molecule has 0 aliphatic carbocycles. The van der Waals surface area contributed by atoms with Crippen LogP contribution in [0.5, 0.6) is 5.75 Å². The third-order valence-corrected chi connectivity index (χ3v) is 5.18. The molecule has 1 aliphatic heterocycles. The van der Waals surface area contributed by atoms with Gasteiger partial charge in [0.25, 0.3) is 0 Å². The zero-order chi connectivity index (χ0) is 17.1. The van der Waals surface area contributed by atoms with Gasteiger partial charge < -0.3 is 10.1 Å². The number of aromatic nitrogens is 3. The molecule has 1 amide bonds. The SMILES string of the molecule is O=C1CS[C@@H](c2ccc(OCc3ccccn3)cc2)c2cn[nH]c2N1. The fourth-order valence-electron chi connectivity index (χ4n) is 2.67. The highest BCUT2D eigenvalue weighted by atomic mass is 32.2. The summed E-state index contributed by atoms with van der Waals surface area (Å²) in [7, 11) is 0. The van der Waals surface area contributed by atoms with Gasteiger partial charge in [0.2, 0.25) is 5.91 Å². The molecule has 0 bridgehead atoms. The molecule has 4 rings (SSSR count). The Morgan fingerprint density at radius 1 is 1.20 bits per heavy atom. The molecule has 0 fully saturated rings. The molecule has 7 heteroatoms. The average molecular weight is 352 g/mol. The highest BCUT2D eigenvalue weighted by Gasteiger charge is 2.25.